The van der Waals surface area contributed by atoms with Gasteiger partial charge in [-0.1, -0.05) is 11.6 Å². The maximum Gasteiger partial charge on any atom is 0.227 e. The fourth-order valence-corrected chi connectivity index (χ4v) is 3.64. The van der Waals surface area contributed by atoms with E-state index >= 15 is 0 Å². The number of hydrogen-bond donors (Lipinski definition) is 1. The van der Waals surface area contributed by atoms with Crippen molar-refractivity contribution in [1.82, 2.24) is 9.88 Å². The number of nitriles is 1. The molecule has 4 heteroatoms. The van der Waals surface area contributed by atoms with Gasteiger partial charge in [-0.25, -0.2) is 0 Å². The maximum absolute atomic E-state index is 12.7. The largest absolute Gasteiger partial charge is 0.358 e. The standard InChI is InChI=1S/C19H23N3O/c1-12-7-13(2)19-17(8-12)16(14(3)21-19)9-18(23)22-6-4-5-15(10-20)11-22/h7-8,15,21H,4-6,9,11H2,1-3H3/t15-/m1/s1. The zero-order chi connectivity index (χ0) is 16.6. The van der Waals surface area contributed by atoms with Gasteiger partial charge in [0.15, 0.2) is 0 Å². The van der Waals surface area contributed by atoms with Crippen molar-refractivity contribution >= 4 is 16.8 Å². The lowest BCUT2D eigenvalue weighted by molar-refractivity contribution is -0.131. The number of amides is 1. The summed E-state index contributed by atoms with van der Waals surface area (Å²) >= 11 is 0. The molecule has 0 saturated carbocycles. The van der Waals surface area contributed by atoms with Crippen molar-refractivity contribution in [3.63, 3.8) is 0 Å². The molecular formula is C19H23N3O. The summed E-state index contributed by atoms with van der Waals surface area (Å²) in [7, 11) is 0. The SMILES string of the molecule is Cc1cc(C)c2[nH]c(C)c(CC(=O)N3CCC[C@H](C#N)C3)c2c1. The third-order valence-corrected chi connectivity index (χ3v) is 4.85. The van der Waals surface area contributed by atoms with Crippen LogP contribution in [-0.2, 0) is 11.2 Å². The van der Waals surface area contributed by atoms with Crippen molar-refractivity contribution in [2.45, 2.75) is 40.0 Å². The number of piperidine rings is 1. The fraction of sp³-hybridized carbons (Fsp3) is 0.474. The van der Waals surface area contributed by atoms with Crippen LogP contribution < -0.4 is 0 Å². The van der Waals surface area contributed by atoms with Crippen LogP contribution in [0.4, 0.5) is 0 Å². The number of aromatic nitrogens is 1. The Morgan fingerprint density at radius 2 is 2.17 bits per heavy atom. The molecule has 0 unspecified atom stereocenters. The highest BCUT2D eigenvalue weighted by molar-refractivity contribution is 5.92. The number of benzene rings is 1. The van der Waals surface area contributed by atoms with Crippen LogP contribution in [0.1, 0.15) is 35.2 Å². The van der Waals surface area contributed by atoms with E-state index in [1.807, 2.05) is 11.8 Å². The molecule has 1 aliphatic heterocycles. The molecular weight excluding hydrogens is 286 g/mol. The second-order valence-electron chi connectivity index (χ2n) is 6.72. The van der Waals surface area contributed by atoms with Gasteiger partial charge in [-0.15, -0.1) is 0 Å². The zero-order valence-corrected chi connectivity index (χ0v) is 14.1. The molecule has 1 aromatic heterocycles. The van der Waals surface area contributed by atoms with Crippen LogP contribution >= 0.6 is 0 Å². The number of likely N-dealkylation sites (tertiary alicyclic amines) is 1. The number of fused-ring (bicyclic) bond motifs is 1. The number of aryl methyl sites for hydroxylation is 3. The summed E-state index contributed by atoms with van der Waals surface area (Å²) < 4.78 is 0. The van der Waals surface area contributed by atoms with Crippen molar-refractivity contribution in [3.05, 3.63) is 34.5 Å². The van der Waals surface area contributed by atoms with Crippen molar-refractivity contribution in [1.29, 1.82) is 5.26 Å². The van der Waals surface area contributed by atoms with Gasteiger partial charge in [0, 0.05) is 29.7 Å². The van der Waals surface area contributed by atoms with Gasteiger partial charge in [0.1, 0.15) is 0 Å². The highest BCUT2D eigenvalue weighted by Crippen LogP contribution is 2.27. The van der Waals surface area contributed by atoms with E-state index < -0.39 is 0 Å². The van der Waals surface area contributed by atoms with Gasteiger partial charge in [-0.2, -0.15) is 5.26 Å². The smallest absolute Gasteiger partial charge is 0.227 e. The molecule has 0 radical (unpaired) electrons. The minimum absolute atomic E-state index is 0.0127. The molecule has 3 rings (SSSR count). The summed E-state index contributed by atoms with van der Waals surface area (Å²) in [6.45, 7) is 7.57. The Kier molecular flexibility index (Phi) is 4.12. The molecule has 2 heterocycles. The van der Waals surface area contributed by atoms with E-state index in [0.717, 1.165) is 41.5 Å². The summed E-state index contributed by atoms with van der Waals surface area (Å²) in [5.41, 5.74) is 5.71. The Bertz CT molecular complexity index is 797. The summed E-state index contributed by atoms with van der Waals surface area (Å²) in [4.78, 5) is 18.0. The minimum atomic E-state index is -0.0127. The van der Waals surface area contributed by atoms with Crippen molar-refractivity contribution in [2.24, 2.45) is 5.92 Å². The molecule has 1 N–H and O–H groups in total. The molecule has 2 aromatic rings. The van der Waals surface area contributed by atoms with Crippen molar-refractivity contribution in [2.75, 3.05) is 13.1 Å². The molecule has 23 heavy (non-hydrogen) atoms. The first kappa shape index (κ1) is 15.6. The number of aromatic amines is 1. The molecule has 1 aliphatic rings. The van der Waals surface area contributed by atoms with E-state index in [4.69, 9.17) is 5.26 Å². The normalized spacial score (nSPS) is 18.2. The summed E-state index contributed by atoms with van der Waals surface area (Å²) in [6, 6.07) is 6.62. The highest BCUT2D eigenvalue weighted by atomic mass is 16.2. The van der Waals surface area contributed by atoms with Gasteiger partial charge >= 0.3 is 0 Å². The first-order chi connectivity index (χ1) is 11.0. The predicted octanol–water partition coefficient (Wildman–Crippen LogP) is 3.40. The molecule has 1 aromatic carbocycles. The van der Waals surface area contributed by atoms with Gasteiger partial charge in [0.2, 0.25) is 5.91 Å². The molecule has 120 valence electrons. The first-order valence-corrected chi connectivity index (χ1v) is 8.25. The Labute approximate surface area is 137 Å². The molecule has 1 amide bonds. The van der Waals surface area contributed by atoms with E-state index in [2.05, 4.69) is 37.0 Å². The number of nitrogens with zero attached hydrogens (tertiary/aromatic N) is 2. The quantitative estimate of drug-likeness (QED) is 0.924. The van der Waals surface area contributed by atoms with Gasteiger partial charge in [0.05, 0.1) is 18.4 Å². The highest BCUT2D eigenvalue weighted by Gasteiger charge is 2.24. The number of rotatable bonds is 2. The van der Waals surface area contributed by atoms with Crippen LogP contribution in [0.3, 0.4) is 0 Å². The van der Waals surface area contributed by atoms with Gasteiger partial charge in [0.25, 0.3) is 0 Å². The Morgan fingerprint density at radius 3 is 2.91 bits per heavy atom. The molecule has 1 fully saturated rings. The Balaban J connectivity index is 1.88. The number of hydrogen-bond acceptors (Lipinski definition) is 2. The molecule has 4 nitrogen and oxygen atoms in total. The summed E-state index contributed by atoms with van der Waals surface area (Å²) in [6.07, 6.45) is 2.24. The topological polar surface area (TPSA) is 59.9 Å². The molecule has 1 saturated heterocycles. The average molecular weight is 309 g/mol. The lowest BCUT2D eigenvalue weighted by atomic mass is 9.98. The van der Waals surface area contributed by atoms with Crippen molar-refractivity contribution < 1.29 is 4.79 Å². The van der Waals surface area contributed by atoms with Gasteiger partial charge in [-0.05, 0) is 50.8 Å². The molecule has 0 aliphatic carbocycles. The fourth-order valence-electron chi connectivity index (χ4n) is 3.64. The molecule has 1 atom stereocenters. The van der Waals surface area contributed by atoms with Crippen LogP contribution in [0.15, 0.2) is 12.1 Å². The third kappa shape index (κ3) is 2.96. The van der Waals surface area contributed by atoms with Crippen LogP contribution in [0, 0.1) is 38.0 Å². The lowest BCUT2D eigenvalue weighted by Crippen LogP contribution is -2.40. The molecule has 0 spiro atoms. The number of carbonyl (C=O) groups is 1. The van der Waals surface area contributed by atoms with E-state index in [-0.39, 0.29) is 11.8 Å². The summed E-state index contributed by atoms with van der Waals surface area (Å²) in [5, 5.41) is 10.3. The minimum Gasteiger partial charge on any atom is -0.358 e. The maximum atomic E-state index is 12.7. The van der Waals surface area contributed by atoms with E-state index in [1.54, 1.807) is 0 Å². The first-order valence-electron chi connectivity index (χ1n) is 8.25. The zero-order valence-electron chi connectivity index (χ0n) is 14.1. The summed E-state index contributed by atoms with van der Waals surface area (Å²) in [5.74, 6) is 0.120. The number of H-pyrrole nitrogens is 1. The lowest BCUT2D eigenvalue weighted by Gasteiger charge is -2.29. The van der Waals surface area contributed by atoms with E-state index in [9.17, 15) is 4.79 Å². The van der Waals surface area contributed by atoms with Crippen molar-refractivity contribution in [3.8, 4) is 6.07 Å². The monoisotopic (exact) mass is 309 g/mol. The third-order valence-electron chi connectivity index (χ3n) is 4.85. The van der Waals surface area contributed by atoms with Crippen LogP contribution in [0.5, 0.6) is 0 Å². The number of carbonyl (C=O) groups excluding carboxylic acids is 1. The van der Waals surface area contributed by atoms with Gasteiger partial charge < -0.3 is 9.88 Å². The van der Waals surface area contributed by atoms with E-state index in [0.29, 0.717) is 13.0 Å². The van der Waals surface area contributed by atoms with Crippen LogP contribution in [0.25, 0.3) is 10.9 Å². The van der Waals surface area contributed by atoms with E-state index in [1.165, 1.54) is 11.1 Å². The Hall–Kier alpha value is -2.28. The average Bonchev–Trinajstić information content (AvgIpc) is 2.84. The second-order valence-corrected chi connectivity index (χ2v) is 6.72. The van der Waals surface area contributed by atoms with Gasteiger partial charge in [-0.3, -0.25) is 4.79 Å². The Morgan fingerprint density at radius 1 is 1.39 bits per heavy atom. The second kappa shape index (κ2) is 6.08. The van der Waals surface area contributed by atoms with Crippen LogP contribution in [0.2, 0.25) is 0 Å². The molecule has 0 bridgehead atoms. The van der Waals surface area contributed by atoms with Crippen LogP contribution in [-0.4, -0.2) is 28.9 Å². The number of nitrogens with one attached hydrogen (secondary N) is 1. The predicted molar refractivity (Wildman–Crippen MR) is 91.1 cm³/mol.